The van der Waals surface area contributed by atoms with Gasteiger partial charge in [-0.05, 0) is 24.2 Å². The third kappa shape index (κ3) is 3.07. The summed E-state index contributed by atoms with van der Waals surface area (Å²) in [6, 6.07) is 3.38. The number of hydrogen-bond donors (Lipinski definition) is 2. The molecule has 2 aromatic rings. The van der Waals surface area contributed by atoms with Gasteiger partial charge in [-0.3, -0.25) is 5.10 Å². The van der Waals surface area contributed by atoms with Crippen molar-refractivity contribution >= 4 is 0 Å². The molecule has 0 radical (unpaired) electrons. The van der Waals surface area contributed by atoms with Gasteiger partial charge in [0.05, 0.1) is 0 Å². The van der Waals surface area contributed by atoms with Gasteiger partial charge in [0.25, 0.3) is 0 Å². The Balaban J connectivity index is 2.13. The number of nitrogens with zero attached hydrogens (tertiary/aromatic N) is 2. The maximum Gasteiger partial charge on any atom is 0.151 e. The van der Waals surface area contributed by atoms with Crippen LogP contribution in [0.4, 0.5) is 8.78 Å². The Morgan fingerprint density at radius 2 is 1.88 bits per heavy atom. The van der Waals surface area contributed by atoms with Crippen LogP contribution in [0.3, 0.4) is 0 Å². The van der Waals surface area contributed by atoms with Gasteiger partial charge in [0.2, 0.25) is 0 Å². The van der Waals surface area contributed by atoms with Crippen molar-refractivity contribution in [3.8, 4) is 0 Å². The van der Waals surface area contributed by atoms with E-state index in [2.05, 4.69) is 15.2 Å². The minimum absolute atomic E-state index is 0.312. The minimum atomic E-state index is -0.596. The third-order valence-electron chi connectivity index (χ3n) is 2.24. The van der Waals surface area contributed by atoms with Crippen molar-refractivity contribution in [3.05, 3.63) is 47.0 Å². The molecule has 0 aliphatic heterocycles. The Labute approximate surface area is 96.9 Å². The van der Waals surface area contributed by atoms with Crippen LogP contribution in [0, 0.1) is 11.6 Å². The maximum absolute atomic E-state index is 13.0. The molecule has 0 aliphatic carbocycles. The first-order chi connectivity index (χ1) is 8.17. The Morgan fingerprint density at radius 3 is 2.53 bits per heavy atom. The van der Waals surface area contributed by atoms with Crippen LogP contribution in [0.5, 0.6) is 0 Å². The molecule has 0 amide bonds. The smallest absolute Gasteiger partial charge is 0.151 e. The fraction of sp³-hybridized carbons (Fsp3) is 0.273. The van der Waals surface area contributed by atoms with Crippen LogP contribution in [0.2, 0.25) is 0 Å². The summed E-state index contributed by atoms with van der Waals surface area (Å²) in [5, 5.41) is 6.66. The topological polar surface area (TPSA) is 67.6 Å². The molecule has 1 aromatic carbocycles. The van der Waals surface area contributed by atoms with Crippen molar-refractivity contribution < 1.29 is 8.78 Å². The molecule has 0 spiro atoms. The number of halogens is 2. The van der Waals surface area contributed by atoms with E-state index in [1.54, 1.807) is 0 Å². The molecule has 6 heteroatoms. The van der Waals surface area contributed by atoms with Crippen LogP contribution in [-0.2, 0) is 12.8 Å². The summed E-state index contributed by atoms with van der Waals surface area (Å²) in [4.78, 5) is 4.16. The lowest BCUT2D eigenvalue weighted by Gasteiger charge is -1.98. The van der Waals surface area contributed by atoms with E-state index in [1.807, 2.05) is 0 Å². The highest BCUT2D eigenvalue weighted by Gasteiger charge is 2.06. The van der Waals surface area contributed by atoms with Gasteiger partial charge in [0.15, 0.2) is 5.82 Å². The molecule has 4 nitrogen and oxygen atoms in total. The molecule has 3 N–H and O–H groups in total. The van der Waals surface area contributed by atoms with Gasteiger partial charge in [-0.25, -0.2) is 13.8 Å². The number of nitrogens with one attached hydrogen (secondary N) is 1. The predicted octanol–water partition coefficient (Wildman–Crippen LogP) is 1.17. The molecule has 0 unspecified atom stereocenters. The Morgan fingerprint density at radius 1 is 1.18 bits per heavy atom. The Kier molecular flexibility index (Phi) is 3.43. The van der Waals surface area contributed by atoms with Gasteiger partial charge in [0.1, 0.15) is 17.5 Å². The number of benzene rings is 1. The highest BCUT2D eigenvalue weighted by Crippen LogP contribution is 2.11. The summed E-state index contributed by atoms with van der Waals surface area (Å²) in [7, 11) is 0. The first kappa shape index (κ1) is 11.7. The zero-order valence-electron chi connectivity index (χ0n) is 9.08. The lowest BCUT2D eigenvalue weighted by Crippen LogP contribution is -2.04. The van der Waals surface area contributed by atoms with Crippen molar-refractivity contribution in [2.24, 2.45) is 5.73 Å². The van der Waals surface area contributed by atoms with E-state index >= 15 is 0 Å². The second-order valence-corrected chi connectivity index (χ2v) is 3.69. The summed E-state index contributed by atoms with van der Waals surface area (Å²) in [6.45, 7) is 0.464. The normalized spacial score (nSPS) is 10.8. The van der Waals surface area contributed by atoms with Crippen molar-refractivity contribution in [1.82, 2.24) is 15.2 Å². The maximum atomic E-state index is 13.0. The molecule has 17 heavy (non-hydrogen) atoms. The minimum Gasteiger partial charge on any atom is -0.330 e. The van der Waals surface area contributed by atoms with E-state index in [9.17, 15) is 8.78 Å². The highest BCUT2D eigenvalue weighted by molar-refractivity contribution is 5.21. The standard InChI is InChI=1S/C11H12F2N4/c12-8-3-7(4-9(13)6-8)5-11-15-10(1-2-14)16-17-11/h3-4,6H,1-2,5,14H2,(H,15,16,17). The van der Waals surface area contributed by atoms with Gasteiger partial charge in [-0.1, -0.05) is 0 Å². The molecule has 0 bridgehead atoms. The first-order valence-electron chi connectivity index (χ1n) is 5.22. The Hall–Kier alpha value is -1.82. The van der Waals surface area contributed by atoms with Crippen molar-refractivity contribution in [2.75, 3.05) is 6.54 Å². The summed E-state index contributed by atoms with van der Waals surface area (Å²) in [5.74, 6) is -0.0128. The van der Waals surface area contributed by atoms with Gasteiger partial charge < -0.3 is 5.73 Å². The lowest BCUT2D eigenvalue weighted by atomic mass is 10.1. The number of H-pyrrole nitrogens is 1. The lowest BCUT2D eigenvalue weighted by molar-refractivity contribution is 0.580. The molecule has 90 valence electrons. The third-order valence-corrected chi connectivity index (χ3v) is 2.24. The van der Waals surface area contributed by atoms with Crippen LogP contribution >= 0.6 is 0 Å². The van der Waals surface area contributed by atoms with E-state index in [0.717, 1.165) is 6.07 Å². The monoisotopic (exact) mass is 238 g/mol. The average Bonchev–Trinajstić information content (AvgIpc) is 2.64. The SMILES string of the molecule is NCCc1n[nH]c(Cc2cc(F)cc(F)c2)n1. The van der Waals surface area contributed by atoms with Crippen LogP contribution in [0.25, 0.3) is 0 Å². The van der Waals surface area contributed by atoms with Gasteiger partial charge in [-0.2, -0.15) is 5.10 Å². The number of nitrogens with two attached hydrogens (primary N) is 1. The average molecular weight is 238 g/mol. The van der Waals surface area contributed by atoms with E-state index in [-0.39, 0.29) is 0 Å². The van der Waals surface area contributed by atoms with E-state index in [1.165, 1.54) is 12.1 Å². The molecule has 0 atom stereocenters. The first-order valence-corrected chi connectivity index (χ1v) is 5.22. The van der Waals surface area contributed by atoms with Crippen molar-refractivity contribution in [2.45, 2.75) is 12.8 Å². The highest BCUT2D eigenvalue weighted by atomic mass is 19.1. The molecule has 2 rings (SSSR count). The zero-order chi connectivity index (χ0) is 12.3. The van der Waals surface area contributed by atoms with Crippen LogP contribution in [-0.4, -0.2) is 21.7 Å². The van der Waals surface area contributed by atoms with Gasteiger partial charge in [-0.15, -0.1) is 0 Å². The Bertz CT molecular complexity index is 490. The van der Waals surface area contributed by atoms with Crippen LogP contribution < -0.4 is 5.73 Å². The van der Waals surface area contributed by atoms with Gasteiger partial charge in [0, 0.05) is 18.9 Å². The molecule has 0 fully saturated rings. The molecular weight excluding hydrogens is 226 g/mol. The molecular formula is C11H12F2N4. The zero-order valence-corrected chi connectivity index (χ0v) is 9.08. The molecule has 0 aliphatic rings. The van der Waals surface area contributed by atoms with Gasteiger partial charge >= 0.3 is 0 Å². The fourth-order valence-electron chi connectivity index (χ4n) is 1.56. The number of hydrogen-bond acceptors (Lipinski definition) is 3. The number of aromatic nitrogens is 3. The van der Waals surface area contributed by atoms with E-state index in [4.69, 9.17) is 5.73 Å². The largest absolute Gasteiger partial charge is 0.330 e. The van der Waals surface area contributed by atoms with E-state index < -0.39 is 11.6 Å². The van der Waals surface area contributed by atoms with E-state index in [0.29, 0.717) is 36.6 Å². The van der Waals surface area contributed by atoms with Crippen molar-refractivity contribution in [1.29, 1.82) is 0 Å². The van der Waals surface area contributed by atoms with Crippen LogP contribution in [0.15, 0.2) is 18.2 Å². The molecule has 0 saturated carbocycles. The number of aromatic amines is 1. The molecule has 1 aromatic heterocycles. The molecule has 1 heterocycles. The summed E-state index contributed by atoms with van der Waals surface area (Å²) < 4.78 is 25.9. The molecule has 0 saturated heterocycles. The second kappa shape index (κ2) is 5.01. The fourth-order valence-corrected chi connectivity index (χ4v) is 1.56. The second-order valence-electron chi connectivity index (χ2n) is 3.69. The number of rotatable bonds is 4. The summed E-state index contributed by atoms with van der Waals surface area (Å²) in [5.41, 5.74) is 5.88. The summed E-state index contributed by atoms with van der Waals surface area (Å²) in [6.07, 6.45) is 0.889. The summed E-state index contributed by atoms with van der Waals surface area (Å²) >= 11 is 0. The van der Waals surface area contributed by atoms with Crippen LogP contribution in [0.1, 0.15) is 17.2 Å². The van der Waals surface area contributed by atoms with Crippen molar-refractivity contribution in [3.63, 3.8) is 0 Å². The quantitative estimate of drug-likeness (QED) is 0.840. The predicted molar refractivity (Wildman–Crippen MR) is 58.3 cm³/mol.